The van der Waals surface area contributed by atoms with E-state index in [-0.39, 0.29) is 0 Å². The molecule has 0 N–H and O–H groups in total. The molecule has 90 valence electrons. The lowest BCUT2D eigenvalue weighted by molar-refractivity contribution is 0.297. The number of halogens is 1. The Kier molecular flexibility index (Phi) is 5.33. The van der Waals surface area contributed by atoms with Crippen LogP contribution in [0.4, 0.5) is 0 Å². The molecule has 0 fully saturated rings. The molecule has 1 rings (SSSR count). The fraction of sp³-hybridized carbons (Fsp3) is 0.571. The molecule has 0 saturated heterocycles. The van der Waals surface area contributed by atoms with Crippen molar-refractivity contribution >= 4 is 15.9 Å². The van der Waals surface area contributed by atoms with Gasteiger partial charge in [0.2, 0.25) is 0 Å². The first-order chi connectivity index (χ1) is 7.50. The highest BCUT2D eigenvalue weighted by Crippen LogP contribution is 2.26. The number of aryl methyl sites for hydroxylation is 2. The van der Waals surface area contributed by atoms with E-state index in [2.05, 4.69) is 55.8 Å². The van der Waals surface area contributed by atoms with Gasteiger partial charge in [0.1, 0.15) is 5.75 Å². The van der Waals surface area contributed by atoms with E-state index in [0.29, 0.717) is 0 Å². The summed E-state index contributed by atoms with van der Waals surface area (Å²) in [6.07, 6.45) is 2.36. The first-order valence-corrected chi connectivity index (χ1v) is 6.69. The predicted octanol–water partition coefficient (Wildman–Crippen LogP) is 4.88. The van der Waals surface area contributed by atoms with Crippen molar-refractivity contribution in [3.63, 3.8) is 0 Å². The van der Waals surface area contributed by atoms with Crippen molar-refractivity contribution in [2.45, 2.75) is 40.5 Å². The van der Waals surface area contributed by atoms with E-state index in [0.717, 1.165) is 24.7 Å². The summed E-state index contributed by atoms with van der Waals surface area (Å²) in [4.78, 5) is 0. The summed E-state index contributed by atoms with van der Waals surface area (Å²) < 4.78 is 6.93. The summed E-state index contributed by atoms with van der Waals surface area (Å²) in [5.41, 5.74) is 2.47. The van der Waals surface area contributed by atoms with Crippen LogP contribution in [0.5, 0.6) is 5.75 Å². The van der Waals surface area contributed by atoms with Crippen molar-refractivity contribution in [3.05, 3.63) is 27.7 Å². The molecule has 0 saturated carbocycles. The van der Waals surface area contributed by atoms with E-state index < -0.39 is 0 Å². The lowest BCUT2D eigenvalue weighted by Gasteiger charge is -2.10. The average Bonchev–Trinajstić information content (AvgIpc) is 2.20. The highest BCUT2D eigenvalue weighted by molar-refractivity contribution is 9.10. The second kappa shape index (κ2) is 6.29. The minimum absolute atomic E-state index is 0.761. The van der Waals surface area contributed by atoms with Gasteiger partial charge in [0.05, 0.1) is 6.61 Å². The zero-order valence-electron chi connectivity index (χ0n) is 10.6. The van der Waals surface area contributed by atoms with Gasteiger partial charge in [0.25, 0.3) is 0 Å². The van der Waals surface area contributed by atoms with Crippen LogP contribution < -0.4 is 4.74 Å². The predicted molar refractivity (Wildman–Crippen MR) is 73.2 cm³/mol. The smallest absolute Gasteiger partial charge is 0.119 e. The number of ether oxygens (including phenoxy) is 1. The van der Waals surface area contributed by atoms with Crippen LogP contribution in [0.2, 0.25) is 0 Å². The maximum Gasteiger partial charge on any atom is 0.119 e. The van der Waals surface area contributed by atoms with Gasteiger partial charge in [-0.15, -0.1) is 0 Å². The highest BCUT2D eigenvalue weighted by Gasteiger charge is 2.03. The Hall–Kier alpha value is -0.500. The van der Waals surface area contributed by atoms with Gasteiger partial charge >= 0.3 is 0 Å². The largest absolute Gasteiger partial charge is 0.494 e. The third-order valence-corrected chi connectivity index (χ3v) is 3.86. The molecule has 0 spiro atoms. The molecular weight excluding hydrogens is 264 g/mol. The third kappa shape index (κ3) is 4.17. The minimum atomic E-state index is 0.761. The first-order valence-electron chi connectivity index (χ1n) is 5.90. The van der Waals surface area contributed by atoms with Gasteiger partial charge in [0.15, 0.2) is 0 Å². The van der Waals surface area contributed by atoms with Gasteiger partial charge in [-0.05, 0) is 55.9 Å². The van der Waals surface area contributed by atoms with Crippen molar-refractivity contribution in [1.82, 2.24) is 0 Å². The molecule has 2 heteroatoms. The van der Waals surface area contributed by atoms with Gasteiger partial charge < -0.3 is 4.74 Å². The van der Waals surface area contributed by atoms with Crippen molar-refractivity contribution in [1.29, 1.82) is 0 Å². The quantitative estimate of drug-likeness (QED) is 0.700. The molecule has 0 heterocycles. The maximum atomic E-state index is 5.75. The molecule has 1 aromatic rings. The molecule has 1 nitrogen and oxygen atoms in total. The molecule has 0 aliphatic rings. The summed E-state index contributed by atoms with van der Waals surface area (Å²) in [6, 6.07) is 4.18. The van der Waals surface area contributed by atoms with Crippen LogP contribution in [0.15, 0.2) is 16.6 Å². The van der Waals surface area contributed by atoms with Gasteiger partial charge in [-0.3, -0.25) is 0 Å². The van der Waals surface area contributed by atoms with E-state index >= 15 is 0 Å². The Balaban J connectivity index is 2.49. The number of rotatable bonds is 5. The molecule has 0 bridgehead atoms. The van der Waals surface area contributed by atoms with Crippen LogP contribution >= 0.6 is 15.9 Å². The second-order valence-corrected chi connectivity index (χ2v) is 5.55. The van der Waals surface area contributed by atoms with Gasteiger partial charge in [-0.1, -0.05) is 29.8 Å². The fourth-order valence-corrected chi connectivity index (χ4v) is 1.90. The fourth-order valence-electron chi connectivity index (χ4n) is 1.67. The third-order valence-electron chi connectivity index (χ3n) is 2.60. The number of hydrogen-bond acceptors (Lipinski definition) is 1. The van der Waals surface area contributed by atoms with Crippen LogP contribution in [0.25, 0.3) is 0 Å². The van der Waals surface area contributed by atoms with E-state index in [9.17, 15) is 0 Å². The van der Waals surface area contributed by atoms with E-state index in [4.69, 9.17) is 4.74 Å². The Morgan fingerprint density at radius 1 is 1.19 bits per heavy atom. The van der Waals surface area contributed by atoms with Gasteiger partial charge in [-0.25, -0.2) is 0 Å². The minimum Gasteiger partial charge on any atom is -0.494 e. The summed E-state index contributed by atoms with van der Waals surface area (Å²) in [5.74, 6) is 1.75. The summed E-state index contributed by atoms with van der Waals surface area (Å²) in [6.45, 7) is 9.50. The summed E-state index contributed by atoms with van der Waals surface area (Å²) in [7, 11) is 0. The molecule has 0 radical (unpaired) electrons. The topological polar surface area (TPSA) is 9.23 Å². The Labute approximate surface area is 107 Å². The first kappa shape index (κ1) is 13.6. The molecule has 0 aromatic heterocycles. The van der Waals surface area contributed by atoms with Gasteiger partial charge in [0, 0.05) is 4.47 Å². The Bertz CT molecular complexity index is 322. The number of hydrogen-bond donors (Lipinski definition) is 0. The standard InChI is InChI=1S/C14H21BrO/c1-10(2)6-5-7-16-13-8-11(3)14(15)12(4)9-13/h8-10H,5-7H2,1-4H3. The van der Waals surface area contributed by atoms with Crippen LogP contribution in [0, 0.1) is 19.8 Å². The van der Waals surface area contributed by atoms with Crippen LogP contribution in [-0.4, -0.2) is 6.61 Å². The van der Waals surface area contributed by atoms with Crippen LogP contribution in [0.1, 0.15) is 37.8 Å². The summed E-state index contributed by atoms with van der Waals surface area (Å²) in [5, 5.41) is 0. The Morgan fingerprint density at radius 2 is 1.75 bits per heavy atom. The molecule has 0 aliphatic carbocycles. The van der Waals surface area contributed by atoms with E-state index in [1.807, 2.05) is 0 Å². The SMILES string of the molecule is Cc1cc(OCCCC(C)C)cc(C)c1Br. The van der Waals surface area contributed by atoms with Crippen molar-refractivity contribution in [2.24, 2.45) is 5.92 Å². The van der Waals surface area contributed by atoms with Crippen molar-refractivity contribution in [2.75, 3.05) is 6.61 Å². The molecule has 16 heavy (non-hydrogen) atoms. The molecule has 0 atom stereocenters. The maximum absolute atomic E-state index is 5.75. The average molecular weight is 285 g/mol. The molecule has 0 unspecified atom stereocenters. The van der Waals surface area contributed by atoms with Crippen LogP contribution in [-0.2, 0) is 0 Å². The molecule has 0 amide bonds. The summed E-state index contributed by atoms with van der Waals surface area (Å²) >= 11 is 3.56. The number of benzene rings is 1. The Morgan fingerprint density at radius 3 is 2.25 bits per heavy atom. The van der Waals surface area contributed by atoms with E-state index in [1.165, 1.54) is 22.0 Å². The van der Waals surface area contributed by atoms with Crippen molar-refractivity contribution in [3.8, 4) is 5.75 Å². The van der Waals surface area contributed by atoms with Gasteiger partial charge in [-0.2, -0.15) is 0 Å². The molecular formula is C14H21BrO. The molecule has 0 aliphatic heterocycles. The van der Waals surface area contributed by atoms with E-state index in [1.54, 1.807) is 0 Å². The second-order valence-electron chi connectivity index (χ2n) is 4.76. The zero-order valence-corrected chi connectivity index (χ0v) is 12.2. The normalized spacial score (nSPS) is 10.9. The molecule has 1 aromatic carbocycles. The monoisotopic (exact) mass is 284 g/mol. The zero-order chi connectivity index (χ0) is 12.1. The van der Waals surface area contributed by atoms with Crippen molar-refractivity contribution < 1.29 is 4.74 Å². The highest BCUT2D eigenvalue weighted by atomic mass is 79.9. The lowest BCUT2D eigenvalue weighted by atomic mass is 10.1. The lowest BCUT2D eigenvalue weighted by Crippen LogP contribution is -2.00. The van der Waals surface area contributed by atoms with Crippen LogP contribution in [0.3, 0.4) is 0 Å².